The van der Waals surface area contributed by atoms with Crippen molar-refractivity contribution in [2.75, 3.05) is 6.16 Å². The predicted molar refractivity (Wildman–Crippen MR) is 29.2 cm³/mol. The molecule has 0 aromatic rings. The first kappa shape index (κ1) is 5.49. The van der Waals surface area contributed by atoms with Gasteiger partial charge in [-0.1, -0.05) is 13.3 Å². The minimum absolute atomic E-state index is 0.658. The van der Waals surface area contributed by atoms with E-state index in [2.05, 4.69) is 6.92 Å². The maximum absolute atomic E-state index is 5.17. The Morgan fingerprint density at radius 3 is 2.40 bits per heavy atom. The first-order valence-electron chi connectivity index (χ1n) is 1.85. The highest BCUT2D eigenvalue weighted by Crippen LogP contribution is 1.99. The monoisotopic (exact) mass is 86.0 g/mol. The predicted octanol–water partition coefficient (Wildman–Crippen LogP) is 1.16. The molecule has 1 unspecified atom stereocenters. The first-order chi connectivity index (χ1) is 2.41. The highest BCUT2D eigenvalue weighted by atomic mass is 31.1. The van der Waals surface area contributed by atoms with Crippen LogP contribution in [-0.2, 0) is 0 Å². The van der Waals surface area contributed by atoms with Crippen molar-refractivity contribution < 1.29 is 0 Å². The molecule has 0 amide bonds. The van der Waals surface area contributed by atoms with E-state index >= 15 is 0 Å². The fourth-order valence-electron chi connectivity index (χ4n) is 0.144. The van der Waals surface area contributed by atoms with Crippen molar-refractivity contribution in [1.82, 2.24) is 0 Å². The van der Waals surface area contributed by atoms with Gasteiger partial charge in [0.1, 0.15) is 7.57 Å². The van der Waals surface area contributed by atoms with Gasteiger partial charge < -0.3 is 0 Å². The molecule has 28 valence electrons. The third-order valence-electron chi connectivity index (χ3n) is 0.394. The minimum Gasteiger partial charge on any atom is -0.172 e. The van der Waals surface area contributed by atoms with Gasteiger partial charge in [-0.3, -0.25) is 0 Å². The molecule has 0 saturated carbocycles. The van der Waals surface area contributed by atoms with E-state index in [4.69, 9.17) is 7.57 Å². The molecule has 1 atom stereocenters. The average molecular weight is 85.9 g/mol. The summed E-state index contributed by atoms with van der Waals surface area (Å²) in [5.41, 5.74) is 0. The molecule has 0 bridgehead atoms. The van der Waals surface area contributed by atoms with Gasteiger partial charge in [-0.15, -0.1) is 0 Å². The molecule has 0 nitrogen and oxygen atoms in total. The second-order valence-corrected chi connectivity index (χ2v) is 1.86. The fourth-order valence-corrected chi connectivity index (χ4v) is 0.433. The Labute approximate surface area is 36.5 Å². The van der Waals surface area contributed by atoms with Gasteiger partial charge in [-0.05, 0) is 6.16 Å². The van der Waals surface area contributed by atoms with E-state index < -0.39 is 0 Å². The lowest BCUT2D eigenvalue weighted by atomic mass is 10.6. The summed E-state index contributed by atoms with van der Waals surface area (Å²) < 4.78 is 0. The van der Waals surface area contributed by atoms with Gasteiger partial charge in [0.25, 0.3) is 0 Å². The van der Waals surface area contributed by atoms with Gasteiger partial charge in [0.15, 0.2) is 0 Å². The van der Waals surface area contributed by atoms with Crippen LogP contribution in [0.3, 0.4) is 0 Å². The second kappa shape index (κ2) is 4.49. The van der Waals surface area contributed by atoms with Gasteiger partial charge in [0, 0.05) is 0 Å². The van der Waals surface area contributed by atoms with Crippen molar-refractivity contribution in [3.8, 4) is 0 Å². The van der Waals surface area contributed by atoms with Crippen LogP contribution in [0.1, 0.15) is 13.3 Å². The Bertz CT molecular complexity index is 14.4. The van der Waals surface area contributed by atoms with Crippen molar-refractivity contribution in [3.05, 3.63) is 0 Å². The lowest BCUT2D eigenvalue weighted by Crippen LogP contribution is -1.63. The molecule has 0 rings (SSSR count). The Hall–Kier alpha value is 0.495. The molecule has 0 spiro atoms. The highest BCUT2D eigenvalue weighted by Gasteiger charge is 1.67. The lowest BCUT2D eigenvalue weighted by Gasteiger charge is -1.80. The SMILES string of the molecule is [B]PCCC. The number of hydrogen-bond acceptors (Lipinski definition) is 0. The summed E-state index contributed by atoms with van der Waals surface area (Å²) in [5.74, 6) is 0. The number of rotatable bonds is 2. The van der Waals surface area contributed by atoms with E-state index in [1.165, 1.54) is 12.6 Å². The zero-order valence-electron chi connectivity index (χ0n) is 3.49. The summed E-state index contributed by atoms with van der Waals surface area (Å²) in [4.78, 5) is 0. The lowest BCUT2D eigenvalue weighted by molar-refractivity contribution is 1.11. The molecule has 0 heterocycles. The summed E-state index contributed by atoms with van der Waals surface area (Å²) in [5, 5.41) is 0. The molecule has 2 radical (unpaired) electrons. The zero-order valence-corrected chi connectivity index (χ0v) is 4.49. The number of hydrogen-bond donors (Lipinski definition) is 0. The fraction of sp³-hybridized carbons (Fsp3) is 1.00. The van der Waals surface area contributed by atoms with Gasteiger partial charge in [0.2, 0.25) is 0 Å². The van der Waals surface area contributed by atoms with Crippen LogP contribution >= 0.6 is 8.46 Å². The van der Waals surface area contributed by atoms with E-state index in [1.807, 2.05) is 0 Å². The molecule has 2 heteroatoms. The third-order valence-corrected chi connectivity index (χ3v) is 1.18. The van der Waals surface area contributed by atoms with Crippen LogP contribution in [0.4, 0.5) is 0 Å². The van der Waals surface area contributed by atoms with E-state index in [0.29, 0.717) is 8.46 Å². The molecule has 0 saturated heterocycles. The molecule has 0 aliphatic carbocycles. The summed E-state index contributed by atoms with van der Waals surface area (Å²) in [6, 6.07) is 0. The van der Waals surface area contributed by atoms with Gasteiger partial charge >= 0.3 is 0 Å². The smallest absolute Gasteiger partial charge is 0.104 e. The maximum Gasteiger partial charge on any atom is 0.104 e. The zero-order chi connectivity index (χ0) is 4.12. The van der Waals surface area contributed by atoms with Crippen LogP contribution in [0.15, 0.2) is 0 Å². The molecule has 5 heavy (non-hydrogen) atoms. The van der Waals surface area contributed by atoms with Crippen LogP contribution < -0.4 is 0 Å². The molecular weight excluding hydrogens is 77.8 g/mol. The molecule has 0 N–H and O–H groups in total. The summed E-state index contributed by atoms with van der Waals surface area (Å²) >= 11 is 0. The highest BCUT2D eigenvalue weighted by molar-refractivity contribution is 7.66. The minimum atomic E-state index is 0.658. The molecular formula is C3H8BP. The van der Waals surface area contributed by atoms with E-state index in [9.17, 15) is 0 Å². The van der Waals surface area contributed by atoms with Crippen molar-refractivity contribution in [3.63, 3.8) is 0 Å². The topological polar surface area (TPSA) is 0 Å². The largest absolute Gasteiger partial charge is 0.172 e. The van der Waals surface area contributed by atoms with Crippen LogP contribution in [0.25, 0.3) is 0 Å². The molecule has 0 aromatic heterocycles. The van der Waals surface area contributed by atoms with E-state index in [-0.39, 0.29) is 0 Å². The molecule has 0 aromatic carbocycles. The standard InChI is InChI=1S/C3H8BP/c1-2-3-5-4/h5H,2-3H2,1H3. The Morgan fingerprint density at radius 1 is 1.80 bits per heavy atom. The Morgan fingerprint density at radius 2 is 2.40 bits per heavy atom. The third kappa shape index (κ3) is 4.49. The average Bonchev–Trinajstić information content (AvgIpc) is 1.41. The summed E-state index contributed by atoms with van der Waals surface area (Å²) in [6.07, 6.45) is 2.43. The van der Waals surface area contributed by atoms with Crippen LogP contribution in [-0.4, -0.2) is 13.7 Å². The van der Waals surface area contributed by atoms with Crippen molar-refractivity contribution >= 4 is 16.0 Å². The summed E-state index contributed by atoms with van der Waals surface area (Å²) in [7, 11) is 5.82. The van der Waals surface area contributed by atoms with Crippen LogP contribution in [0, 0.1) is 0 Å². The molecule has 0 aliphatic heterocycles. The quantitative estimate of drug-likeness (QED) is 0.349. The van der Waals surface area contributed by atoms with Crippen molar-refractivity contribution in [2.24, 2.45) is 0 Å². The first-order valence-corrected chi connectivity index (χ1v) is 3.13. The van der Waals surface area contributed by atoms with E-state index in [0.717, 1.165) is 0 Å². The van der Waals surface area contributed by atoms with Gasteiger partial charge in [-0.2, -0.15) is 8.46 Å². The van der Waals surface area contributed by atoms with Gasteiger partial charge in [0.05, 0.1) is 0 Å². The molecule has 0 aliphatic rings. The Kier molecular flexibility index (Phi) is 4.94. The Balaban J connectivity index is 2.19. The maximum atomic E-state index is 5.17. The molecule has 0 fully saturated rings. The second-order valence-electron chi connectivity index (χ2n) is 0.954. The van der Waals surface area contributed by atoms with Crippen molar-refractivity contribution in [1.29, 1.82) is 0 Å². The van der Waals surface area contributed by atoms with Crippen LogP contribution in [0.2, 0.25) is 0 Å². The van der Waals surface area contributed by atoms with Crippen LogP contribution in [0.5, 0.6) is 0 Å². The van der Waals surface area contributed by atoms with Crippen molar-refractivity contribution in [2.45, 2.75) is 13.3 Å². The normalized spacial score (nSPS) is 10.6. The van der Waals surface area contributed by atoms with E-state index in [1.54, 1.807) is 0 Å². The van der Waals surface area contributed by atoms with Gasteiger partial charge in [-0.25, -0.2) is 0 Å². The summed E-state index contributed by atoms with van der Waals surface area (Å²) in [6.45, 7) is 2.14.